The van der Waals surface area contributed by atoms with Gasteiger partial charge in [-0.3, -0.25) is 9.59 Å². The fourth-order valence-corrected chi connectivity index (χ4v) is 7.41. The molecule has 8 rings (SSSR count). The molecule has 5 heterocycles. The van der Waals surface area contributed by atoms with Crippen LogP contribution in [0.3, 0.4) is 0 Å². The molecule has 3 aliphatic rings. The van der Waals surface area contributed by atoms with Crippen molar-refractivity contribution in [3.8, 4) is 34.3 Å². The lowest BCUT2D eigenvalue weighted by Crippen LogP contribution is -2.41. The summed E-state index contributed by atoms with van der Waals surface area (Å²) in [5.41, 5.74) is 17.2. The summed E-state index contributed by atoms with van der Waals surface area (Å²) < 4.78 is 15.5. The second-order valence-electron chi connectivity index (χ2n) is 12.8. The van der Waals surface area contributed by atoms with Gasteiger partial charge in [-0.15, -0.1) is 0 Å². The zero-order chi connectivity index (χ0) is 31.9. The van der Waals surface area contributed by atoms with E-state index in [0.29, 0.717) is 52.2 Å². The largest absolute Gasteiger partial charge is 0.494 e. The first-order valence-electron chi connectivity index (χ1n) is 15.7. The van der Waals surface area contributed by atoms with Gasteiger partial charge in [0, 0.05) is 54.9 Å². The summed E-state index contributed by atoms with van der Waals surface area (Å²) >= 11 is 0. The van der Waals surface area contributed by atoms with Crippen LogP contribution in [-0.4, -0.2) is 73.6 Å². The summed E-state index contributed by atoms with van der Waals surface area (Å²) in [6.07, 6.45) is 5.95. The Kier molecular flexibility index (Phi) is 6.54. The van der Waals surface area contributed by atoms with Crippen LogP contribution in [0, 0.1) is 11.8 Å². The van der Waals surface area contributed by atoms with E-state index in [-0.39, 0.29) is 23.7 Å². The van der Waals surface area contributed by atoms with Crippen LogP contribution in [0.25, 0.3) is 44.8 Å². The van der Waals surface area contributed by atoms with E-state index >= 15 is 0 Å². The molecule has 1 aliphatic heterocycles. The number of benzene rings is 1. The van der Waals surface area contributed by atoms with Crippen LogP contribution in [0.2, 0.25) is 0 Å². The average molecular weight is 621 g/mol. The summed E-state index contributed by atoms with van der Waals surface area (Å²) in [5.74, 6) is 1.91. The minimum atomic E-state index is -0.655. The predicted molar refractivity (Wildman–Crippen MR) is 173 cm³/mol. The molecular formula is C34H36N8O4. The maximum atomic E-state index is 13.7. The average Bonchev–Trinajstić information content (AvgIpc) is 3.47. The number of carbonyl (C=O) groups is 2. The molecule has 5 aromatic rings. The first-order chi connectivity index (χ1) is 22.2. The van der Waals surface area contributed by atoms with Gasteiger partial charge in [-0.1, -0.05) is 0 Å². The molecule has 4 aromatic heterocycles. The molecule has 2 saturated carbocycles. The van der Waals surface area contributed by atoms with Crippen molar-refractivity contribution in [2.45, 2.75) is 44.3 Å². The molecule has 236 valence electrons. The van der Waals surface area contributed by atoms with Gasteiger partial charge in [-0.05, 0) is 73.9 Å². The number of aromatic nitrogens is 5. The van der Waals surface area contributed by atoms with E-state index in [0.717, 1.165) is 47.5 Å². The molecule has 2 aliphatic carbocycles. The van der Waals surface area contributed by atoms with Gasteiger partial charge in [0.1, 0.15) is 16.9 Å². The van der Waals surface area contributed by atoms with E-state index in [4.69, 9.17) is 30.9 Å². The van der Waals surface area contributed by atoms with Crippen LogP contribution < -0.4 is 20.9 Å². The third-order valence-electron chi connectivity index (χ3n) is 10.0. The highest BCUT2D eigenvalue weighted by molar-refractivity contribution is 6.00. The van der Waals surface area contributed by atoms with Crippen LogP contribution >= 0.6 is 0 Å². The third kappa shape index (κ3) is 4.42. The topological polar surface area (TPSA) is 156 Å². The van der Waals surface area contributed by atoms with Crippen molar-refractivity contribution in [1.82, 2.24) is 29.0 Å². The molecule has 12 heteroatoms. The van der Waals surface area contributed by atoms with E-state index in [1.54, 1.807) is 19.4 Å². The van der Waals surface area contributed by atoms with E-state index in [1.807, 2.05) is 40.8 Å². The number of nitrogens with zero attached hydrogens (tertiary/aromatic N) is 6. The van der Waals surface area contributed by atoms with Gasteiger partial charge in [0.05, 0.1) is 31.1 Å². The fourth-order valence-electron chi connectivity index (χ4n) is 7.41. The number of likely N-dealkylation sites (tertiary alicyclic amines) is 1. The Morgan fingerprint density at radius 3 is 2.48 bits per heavy atom. The minimum Gasteiger partial charge on any atom is -0.494 e. The first-order valence-corrected chi connectivity index (χ1v) is 15.7. The highest BCUT2D eigenvalue weighted by Gasteiger charge is 2.47. The zero-order valence-electron chi connectivity index (χ0n) is 26.1. The van der Waals surface area contributed by atoms with E-state index in [1.165, 1.54) is 20.0 Å². The number of hydrogen-bond donors (Lipinski definition) is 2. The molecule has 1 aromatic carbocycles. The lowest BCUT2D eigenvalue weighted by Gasteiger charge is -2.27. The second-order valence-corrected chi connectivity index (χ2v) is 12.8. The maximum Gasteiger partial charge on any atom is 0.271 e. The lowest BCUT2D eigenvalue weighted by molar-refractivity contribution is 0.0700. The standard InChI is InChI=1S/C34H36N8O4/c1-40-30-23(10-20(12-27(30)46-3)34(44)42-16-19-7-9-24(42)28(19)35)39-33(40)25-11-18-6-8-22(38-32(18)41(25)15-17-4-5-17)21-13-26(45-2)29(31(36)43)37-14-21/h6,8,10-14,17,19,24,28H,4-5,7,9,15-16,35H2,1-3H3,(H2,36,43)/t19?,24?,28-/m1/s1. The number of rotatable bonds is 8. The molecule has 4 N–H and O–H groups in total. The highest BCUT2D eigenvalue weighted by atomic mass is 16.5. The summed E-state index contributed by atoms with van der Waals surface area (Å²) in [6, 6.07) is 11.7. The molecule has 46 heavy (non-hydrogen) atoms. The minimum absolute atomic E-state index is 0.0235. The number of primary amides is 1. The number of pyridine rings is 2. The van der Waals surface area contributed by atoms with Crippen LogP contribution in [-0.2, 0) is 13.6 Å². The van der Waals surface area contributed by atoms with Gasteiger partial charge >= 0.3 is 0 Å². The number of ether oxygens (including phenoxy) is 2. The van der Waals surface area contributed by atoms with Gasteiger partial charge in [0.2, 0.25) is 0 Å². The van der Waals surface area contributed by atoms with Crippen LogP contribution in [0.5, 0.6) is 11.5 Å². The Labute approximate surface area is 265 Å². The van der Waals surface area contributed by atoms with E-state index in [9.17, 15) is 9.59 Å². The molecule has 1 saturated heterocycles. The number of imidazole rings is 1. The van der Waals surface area contributed by atoms with E-state index < -0.39 is 5.91 Å². The van der Waals surface area contributed by atoms with Crippen molar-refractivity contribution in [3.63, 3.8) is 0 Å². The van der Waals surface area contributed by atoms with Crippen LogP contribution in [0.1, 0.15) is 46.5 Å². The fraction of sp³-hybridized carbons (Fsp3) is 0.382. The number of piperidine rings is 1. The van der Waals surface area contributed by atoms with Gasteiger partial charge in [-0.2, -0.15) is 0 Å². The maximum absolute atomic E-state index is 13.7. The molecule has 0 spiro atoms. The predicted octanol–water partition coefficient (Wildman–Crippen LogP) is 3.74. The Morgan fingerprint density at radius 1 is 1.00 bits per heavy atom. The van der Waals surface area contributed by atoms with Gasteiger partial charge in [0.15, 0.2) is 17.3 Å². The Balaban J connectivity index is 1.23. The number of aryl methyl sites for hydroxylation is 1. The Hall–Kier alpha value is -4.97. The SMILES string of the molecule is COc1cc(-c2ccc3cc(-c4nc5cc(C(=O)N6CC7CCC6[C@@H]7N)cc(OC)c5n4C)n(CC4CC4)c3n2)cnc1C(N)=O. The van der Waals surface area contributed by atoms with Gasteiger partial charge < -0.3 is 35.0 Å². The normalized spacial score (nSPS) is 20.6. The van der Waals surface area contributed by atoms with Crippen molar-refractivity contribution in [3.05, 3.63) is 53.9 Å². The molecule has 2 amide bonds. The number of fused-ring (bicyclic) bond motifs is 4. The summed E-state index contributed by atoms with van der Waals surface area (Å²) in [4.78, 5) is 41.9. The number of methoxy groups -OCH3 is 2. The summed E-state index contributed by atoms with van der Waals surface area (Å²) in [5, 5.41) is 0.975. The Bertz CT molecular complexity index is 2060. The van der Waals surface area contributed by atoms with Gasteiger partial charge in [0.25, 0.3) is 11.8 Å². The van der Waals surface area contributed by atoms with Crippen molar-refractivity contribution in [1.29, 1.82) is 0 Å². The van der Waals surface area contributed by atoms with Crippen LogP contribution in [0.15, 0.2) is 42.6 Å². The third-order valence-corrected chi connectivity index (χ3v) is 10.0. The van der Waals surface area contributed by atoms with Crippen LogP contribution in [0.4, 0.5) is 0 Å². The lowest BCUT2D eigenvalue weighted by atomic mass is 10.1. The molecule has 3 fully saturated rings. The second kappa shape index (κ2) is 10.5. The smallest absolute Gasteiger partial charge is 0.271 e. The molecule has 2 bridgehead atoms. The first kappa shape index (κ1) is 28.5. The number of hydrogen-bond acceptors (Lipinski definition) is 8. The zero-order valence-corrected chi connectivity index (χ0v) is 26.1. The molecule has 0 radical (unpaired) electrons. The molecule has 3 atom stereocenters. The van der Waals surface area contributed by atoms with E-state index in [2.05, 4.69) is 15.6 Å². The monoisotopic (exact) mass is 620 g/mol. The molecule has 2 unspecified atom stereocenters. The van der Waals surface area contributed by atoms with Crippen molar-refractivity contribution in [2.75, 3.05) is 20.8 Å². The molecular weight excluding hydrogens is 584 g/mol. The van der Waals surface area contributed by atoms with Crippen molar-refractivity contribution >= 4 is 33.9 Å². The summed E-state index contributed by atoms with van der Waals surface area (Å²) in [7, 11) is 5.08. The number of amides is 2. The quantitative estimate of drug-likeness (QED) is 0.266. The Morgan fingerprint density at radius 2 is 1.80 bits per heavy atom. The summed E-state index contributed by atoms with van der Waals surface area (Å²) in [6.45, 7) is 1.51. The highest BCUT2D eigenvalue weighted by Crippen LogP contribution is 2.40. The number of nitrogens with two attached hydrogens (primary N) is 2. The van der Waals surface area contributed by atoms with Gasteiger partial charge in [-0.25, -0.2) is 15.0 Å². The molecule has 12 nitrogen and oxygen atoms in total. The van der Waals surface area contributed by atoms with Crippen molar-refractivity contribution < 1.29 is 19.1 Å². The van der Waals surface area contributed by atoms with Crippen molar-refractivity contribution in [2.24, 2.45) is 30.4 Å². The number of carbonyl (C=O) groups excluding carboxylic acids is 2.